The molecule has 0 amide bonds. The zero-order chi connectivity index (χ0) is 21.1. The summed E-state index contributed by atoms with van der Waals surface area (Å²) in [5, 5.41) is 6.26. The van der Waals surface area contributed by atoms with E-state index in [1.54, 1.807) is 42.5 Å². The van der Waals surface area contributed by atoms with Gasteiger partial charge in [-0.15, -0.1) is 0 Å². The molecule has 0 saturated heterocycles. The van der Waals surface area contributed by atoms with Crippen LogP contribution >= 0.6 is 0 Å². The lowest BCUT2D eigenvalue weighted by atomic mass is 10.3. The maximum Gasteiger partial charge on any atom is 0.191 e. The van der Waals surface area contributed by atoms with Crippen molar-refractivity contribution in [2.45, 2.75) is 31.3 Å². The first-order valence-corrected chi connectivity index (χ1v) is 11.3. The summed E-state index contributed by atoms with van der Waals surface area (Å²) in [4.78, 5) is 4.81. The van der Waals surface area contributed by atoms with E-state index in [9.17, 15) is 12.8 Å². The van der Waals surface area contributed by atoms with Crippen LogP contribution in [0.25, 0.3) is 0 Å². The van der Waals surface area contributed by atoms with Gasteiger partial charge in [-0.05, 0) is 56.7 Å². The van der Waals surface area contributed by atoms with Crippen molar-refractivity contribution >= 4 is 15.8 Å². The molecule has 158 valence electrons. The summed E-state index contributed by atoms with van der Waals surface area (Å²) in [5.41, 5.74) is 0. The van der Waals surface area contributed by atoms with Crippen molar-refractivity contribution in [2.75, 3.05) is 25.4 Å². The Hall–Kier alpha value is -2.61. The van der Waals surface area contributed by atoms with Gasteiger partial charge in [0, 0.05) is 13.1 Å². The molecule has 6 nitrogen and oxygen atoms in total. The number of sulfone groups is 1. The average Bonchev–Trinajstić information content (AvgIpc) is 2.71. The highest BCUT2D eigenvalue weighted by Crippen LogP contribution is 2.13. The van der Waals surface area contributed by atoms with Crippen molar-refractivity contribution in [2.24, 2.45) is 4.99 Å². The molecule has 0 aliphatic heterocycles. The van der Waals surface area contributed by atoms with Crippen molar-refractivity contribution in [3.05, 3.63) is 60.4 Å². The van der Waals surface area contributed by atoms with Gasteiger partial charge < -0.3 is 15.4 Å². The van der Waals surface area contributed by atoms with Crippen LogP contribution in [0.2, 0.25) is 0 Å². The van der Waals surface area contributed by atoms with Crippen LogP contribution in [-0.2, 0) is 9.84 Å². The Kier molecular flexibility index (Phi) is 8.92. The maximum atomic E-state index is 12.9. The van der Waals surface area contributed by atoms with E-state index >= 15 is 0 Å². The number of hydrogen-bond donors (Lipinski definition) is 2. The van der Waals surface area contributed by atoms with Gasteiger partial charge in [0.05, 0.1) is 17.2 Å². The predicted octanol–water partition coefficient (Wildman–Crippen LogP) is 3.01. The van der Waals surface area contributed by atoms with E-state index in [-0.39, 0.29) is 17.7 Å². The Morgan fingerprint density at radius 1 is 1.10 bits per heavy atom. The summed E-state index contributed by atoms with van der Waals surface area (Å²) in [6.45, 7) is 5.39. The first-order chi connectivity index (χ1) is 13.9. The van der Waals surface area contributed by atoms with Gasteiger partial charge in [-0.2, -0.15) is 0 Å². The largest absolute Gasteiger partial charge is 0.489 e. The Morgan fingerprint density at radius 3 is 2.45 bits per heavy atom. The molecule has 0 aliphatic rings. The van der Waals surface area contributed by atoms with E-state index in [1.165, 1.54) is 12.1 Å². The van der Waals surface area contributed by atoms with E-state index in [0.29, 0.717) is 42.7 Å². The van der Waals surface area contributed by atoms with Gasteiger partial charge in [0.2, 0.25) is 0 Å². The van der Waals surface area contributed by atoms with Crippen LogP contribution in [0.3, 0.4) is 0 Å². The van der Waals surface area contributed by atoms with Crippen molar-refractivity contribution < 1.29 is 17.5 Å². The molecule has 1 atom stereocenters. The zero-order valence-electron chi connectivity index (χ0n) is 16.8. The topological polar surface area (TPSA) is 79.8 Å². The fourth-order valence-corrected chi connectivity index (χ4v) is 3.89. The molecule has 0 aliphatic carbocycles. The van der Waals surface area contributed by atoms with Gasteiger partial charge in [-0.25, -0.2) is 17.8 Å². The molecule has 29 heavy (non-hydrogen) atoms. The molecular weight excluding hydrogens is 393 g/mol. The van der Waals surface area contributed by atoms with E-state index in [2.05, 4.69) is 15.6 Å². The average molecular weight is 422 g/mol. The maximum absolute atomic E-state index is 12.9. The quantitative estimate of drug-likeness (QED) is 0.350. The summed E-state index contributed by atoms with van der Waals surface area (Å²) in [6, 6.07) is 14.3. The Bertz CT molecular complexity index is 872. The van der Waals surface area contributed by atoms with Crippen LogP contribution in [0, 0.1) is 5.82 Å². The fourth-order valence-electron chi connectivity index (χ4n) is 2.56. The predicted molar refractivity (Wildman–Crippen MR) is 114 cm³/mol. The number of benzene rings is 2. The standard InChI is InChI=1S/C21H28FN3O3S/c1-3-23-21(25-16-17(2)28-19-12-10-18(22)11-13-19)24-14-7-15-29(26,27)20-8-5-4-6-9-20/h4-6,8-13,17H,3,7,14-16H2,1-2H3,(H2,23,24,25). The van der Waals surface area contributed by atoms with E-state index < -0.39 is 9.84 Å². The van der Waals surface area contributed by atoms with Crippen LogP contribution in [-0.4, -0.2) is 45.9 Å². The monoisotopic (exact) mass is 421 g/mol. The first kappa shape index (κ1) is 22.7. The number of ether oxygens (including phenoxy) is 1. The highest BCUT2D eigenvalue weighted by Gasteiger charge is 2.13. The minimum atomic E-state index is -3.28. The zero-order valence-corrected chi connectivity index (χ0v) is 17.6. The normalized spacial score (nSPS) is 13.0. The van der Waals surface area contributed by atoms with Gasteiger partial charge >= 0.3 is 0 Å². The van der Waals surface area contributed by atoms with Gasteiger partial charge in [-0.1, -0.05) is 18.2 Å². The van der Waals surface area contributed by atoms with E-state index in [1.807, 2.05) is 13.8 Å². The summed E-state index contributed by atoms with van der Waals surface area (Å²) >= 11 is 0. The SMILES string of the molecule is CCNC(=NCC(C)Oc1ccc(F)cc1)NCCCS(=O)(=O)c1ccccc1. The van der Waals surface area contributed by atoms with Gasteiger partial charge in [0.15, 0.2) is 15.8 Å². The highest BCUT2D eigenvalue weighted by atomic mass is 32.2. The molecule has 0 aromatic heterocycles. The summed E-state index contributed by atoms with van der Waals surface area (Å²) in [7, 11) is -3.28. The number of nitrogens with zero attached hydrogens (tertiary/aromatic N) is 1. The molecule has 0 radical (unpaired) electrons. The number of nitrogens with one attached hydrogen (secondary N) is 2. The minimum Gasteiger partial charge on any atom is -0.489 e. The van der Waals surface area contributed by atoms with Gasteiger partial charge in [-0.3, -0.25) is 0 Å². The molecule has 0 bridgehead atoms. The third-order valence-electron chi connectivity index (χ3n) is 3.99. The molecule has 0 saturated carbocycles. The van der Waals surface area contributed by atoms with Crippen LogP contribution in [0.1, 0.15) is 20.3 Å². The molecule has 0 heterocycles. The molecule has 0 fully saturated rings. The lowest BCUT2D eigenvalue weighted by Gasteiger charge is -2.15. The van der Waals surface area contributed by atoms with Crippen LogP contribution in [0.5, 0.6) is 5.75 Å². The highest BCUT2D eigenvalue weighted by molar-refractivity contribution is 7.91. The third kappa shape index (κ3) is 8.11. The van der Waals surface area contributed by atoms with Crippen molar-refractivity contribution in [1.82, 2.24) is 10.6 Å². The molecular formula is C21H28FN3O3S. The second-order valence-corrected chi connectivity index (χ2v) is 8.62. The second kappa shape index (κ2) is 11.4. The molecule has 0 spiro atoms. The Labute approximate surface area is 172 Å². The van der Waals surface area contributed by atoms with Crippen molar-refractivity contribution in [3.8, 4) is 5.75 Å². The van der Waals surface area contributed by atoms with Crippen molar-refractivity contribution in [3.63, 3.8) is 0 Å². The minimum absolute atomic E-state index is 0.0630. The van der Waals surface area contributed by atoms with E-state index in [0.717, 1.165) is 0 Å². The number of guanidine groups is 1. The van der Waals surface area contributed by atoms with Crippen molar-refractivity contribution in [1.29, 1.82) is 0 Å². The molecule has 2 aromatic rings. The number of aliphatic imine (C=N–C) groups is 1. The number of halogens is 1. The molecule has 2 aromatic carbocycles. The fraction of sp³-hybridized carbons (Fsp3) is 0.381. The first-order valence-electron chi connectivity index (χ1n) is 9.63. The molecule has 2 N–H and O–H groups in total. The lowest BCUT2D eigenvalue weighted by molar-refractivity contribution is 0.230. The van der Waals surface area contributed by atoms with Crippen LogP contribution in [0.4, 0.5) is 4.39 Å². The number of hydrogen-bond acceptors (Lipinski definition) is 4. The Balaban J connectivity index is 1.80. The summed E-state index contributed by atoms with van der Waals surface area (Å²) < 4.78 is 43.3. The third-order valence-corrected chi connectivity index (χ3v) is 5.80. The summed E-state index contributed by atoms with van der Waals surface area (Å²) in [6.07, 6.45) is 0.262. The van der Waals surface area contributed by atoms with E-state index in [4.69, 9.17) is 4.74 Å². The van der Waals surface area contributed by atoms with Crippen LogP contribution in [0.15, 0.2) is 64.5 Å². The van der Waals surface area contributed by atoms with Gasteiger partial charge in [0.1, 0.15) is 17.7 Å². The molecule has 2 rings (SSSR count). The van der Waals surface area contributed by atoms with Gasteiger partial charge in [0.25, 0.3) is 0 Å². The lowest BCUT2D eigenvalue weighted by Crippen LogP contribution is -2.39. The molecule has 1 unspecified atom stereocenters. The second-order valence-electron chi connectivity index (χ2n) is 6.51. The van der Waals surface area contributed by atoms with Crippen LogP contribution < -0.4 is 15.4 Å². The Morgan fingerprint density at radius 2 is 1.79 bits per heavy atom. The smallest absolute Gasteiger partial charge is 0.191 e. The summed E-state index contributed by atoms with van der Waals surface area (Å²) in [5.74, 6) is 0.932. The number of rotatable bonds is 10. The molecule has 8 heteroatoms.